The van der Waals surface area contributed by atoms with E-state index in [-0.39, 0.29) is 0 Å². The fourth-order valence-corrected chi connectivity index (χ4v) is 10.3. The number of fused-ring (bicyclic) bond motifs is 6. The van der Waals surface area contributed by atoms with E-state index in [1.165, 1.54) is 0 Å². The van der Waals surface area contributed by atoms with E-state index >= 15 is 0 Å². The number of benzene rings is 9. The Kier molecular flexibility index (Phi) is 10.6. The van der Waals surface area contributed by atoms with Gasteiger partial charge in [-0.3, -0.25) is 0 Å². The van der Waals surface area contributed by atoms with Crippen molar-refractivity contribution in [2.75, 3.05) is 0 Å². The van der Waals surface area contributed by atoms with Gasteiger partial charge in [0.05, 0.1) is 76.4 Å². The number of aryl methyl sites for hydroxylation is 2. The summed E-state index contributed by atoms with van der Waals surface area (Å²) in [6.07, 6.45) is 0. The summed E-state index contributed by atoms with van der Waals surface area (Å²) in [6, 6.07) is 64.4. The minimum atomic E-state index is 0.328. The summed E-state index contributed by atoms with van der Waals surface area (Å²) in [4.78, 5) is 25.9. The summed E-state index contributed by atoms with van der Waals surface area (Å²) in [5.74, 6) is 1.40. The first-order valence-electron chi connectivity index (χ1n) is 23.6. The summed E-state index contributed by atoms with van der Waals surface area (Å²) in [6.45, 7) is 28.1. The summed E-state index contributed by atoms with van der Waals surface area (Å²) in [7, 11) is 0. The molecule has 0 spiro atoms. The molecule has 3 heterocycles. The number of nitriles is 2. The highest BCUT2D eigenvalue weighted by Gasteiger charge is 2.25. The van der Waals surface area contributed by atoms with Gasteiger partial charge in [0.25, 0.3) is 0 Å². The van der Waals surface area contributed by atoms with Gasteiger partial charge in [0.1, 0.15) is 11.6 Å². The second-order valence-electron chi connectivity index (χ2n) is 18.0. The Hall–Kier alpha value is -11.0. The molecule has 74 heavy (non-hydrogen) atoms. The Balaban J connectivity index is 1.26. The first kappa shape index (κ1) is 44.3. The number of hydrogen-bond donors (Lipinski definition) is 0. The average molecular weight is 945 g/mol. The third-order valence-corrected chi connectivity index (χ3v) is 13.6. The molecule has 0 N–H and O–H groups in total. The zero-order chi connectivity index (χ0) is 50.6. The summed E-state index contributed by atoms with van der Waals surface area (Å²) < 4.78 is 4.47. The molecular weight excluding hydrogens is 909 g/mol. The van der Waals surface area contributed by atoms with Gasteiger partial charge in [-0.05, 0) is 131 Å². The van der Waals surface area contributed by atoms with Gasteiger partial charge in [-0.1, -0.05) is 109 Å². The van der Waals surface area contributed by atoms with Crippen LogP contribution in [0.3, 0.4) is 0 Å². The van der Waals surface area contributed by atoms with Crippen LogP contribution in [0.2, 0.25) is 0 Å². The van der Waals surface area contributed by atoms with E-state index < -0.39 is 0 Å². The molecule has 0 radical (unpaired) electrons. The molecule has 0 fully saturated rings. The Labute approximate surface area is 425 Å². The molecule has 0 atom stereocenters. The smallest absolute Gasteiger partial charge is 0.200 e. The van der Waals surface area contributed by atoms with Gasteiger partial charge in [0.2, 0.25) is 0 Å². The highest BCUT2D eigenvalue weighted by Crippen LogP contribution is 2.45. The third kappa shape index (κ3) is 7.52. The molecule has 10 nitrogen and oxygen atoms in total. The van der Waals surface area contributed by atoms with Gasteiger partial charge in [-0.2, -0.15) is 10.5 Å². The highest BCUT2D eigenvalue weighted by atomic mass is 15.1. The zero-order valence-electron chi connectivity index (χ0n) is 39.8. The van der Waals surface area contributed by atoms with Crippen molar-refractivity contribution in [2.24, 2.45) is 0 Å². The van der Waals surface area contributed by atoms with Crippen LogP contribution in [0, 0.1) is 56.2 Å². The van der Waals surface area contributed by atoms with E-state index in [0.717, 1.165) is 88.1 Å². The van der Waals surface area contributed by atoms with Crippen molar-refractivity contribution in [2.45, 2.75) is 13.8 Å². The molecule has 12 aromatic rings. The summed E-state index contributed by atoms with van der Waals surface area (Å²) >= 11 is 0. The standard InChI is InChI=1S/C64H36N10/c1-38-70-39(2)72-64(71-38)56-34-62(73-58-30-46(42-12-6-10-40(26-42)36-65)18-22-52(58)53-23-19-47(31-59(53)73)43-13-7-11-41(27-43)37-66)63(35-57(56)69-5)74-60-32-48(44-14-8-16-50(28-44)67-3)20-24-54(60)55-25-21-49(33-61(55)74)45-15-9-17-51(29-45)68-4/h6-35H,1-2H3. The van der Waals surface area contributed by atoms with Crippen LogP contribution in [0.1, 0.15) is 22.8 Å². The molecule has 12 rings (SSSR count). The maximum Gasteiger partial charge on any atom is 0.200 e. The molecule has 3 aromatic heterocycles. The van der Waals surface area contributed by atoms with E-state index in [1.807, 2.05) is 98.8 Å². The first-order valence-corrected chi connectivity index (χ1v) is 23.6. The lowest BCUT2D eigenvalue weighted by Gasteiger charge is -2.20. The topological polar surface area (TPSA) is 109 Å². The van der Waals surface area contributed by atoms with E-state index in [0.29, 0.717) is 62.6 Å². The van der Waals surface area contributed by atoms with Crippen molar-refractivity contribution in [3.8, 4) is 79.4 Å². The molecule has 0 aliphatic rings. The van der Waals surface area contributed by atoms with Crippen LogP contribution >= 0.6 is 0 Å². The SMILES string of the molecule is [C-]#[N+]c1cccc(-c2ccc3c4ccc(-c5cccc([N+]#[C-])c5)cc4n(-c4cc([N+]#[C-])c(-c5nc(C)nc(C)n5)cc4-n4c5cc(-c6cccc(C#N)c6)ccc5c5ccc(-c6cccc(C#N)c6)cc54)c3c2)c1. The van der Waals surface area contributed by atoms with Crippen molar-refractivity contribution < 1.29 is 0 Å². The number of hydrogen-bond acceptors (Lipinski definition) is 5. The lowest BCUT2D eigenvalue weighted by molar-refractivity contribution is 0.928. The zero-order valence-corrected chi connectivity index (χ0v) is 39.8. The first-order chi connectivity index (χ1) is 36.2. The normalized spacial score (nSPS) is 11.0. The van der Waals surface area contributed by atoms with Crippen LogP contribution in [0.4, 0.5) is 17.1 Å². The van der Waals surface area contributed by atoms with Crippen LogP contribution in [-0.4, -0.2) is 24.1 Å². The summed E-state index contributed by atoms with van der Waals surface area (Å²) in [5.41, 5.74) is 15.0. The molecule has 342 valence electrons. The molecule has 0 aliphatic heterocycles. The van der Waals surface area contributed by atoms with Gasteiger partial charge in [0.15, 0.2) is 22.9 Å². The van der Waals surface area contributed by atoms with Crippen molar-refractivity contribution >= 4 is 60.7 Å². The quantitative estimate of drug-likeness (QED) is 0.148. The Morgan fingerprint density at radius 3 is 1.14 bits per heavy atom. The molecule has 0 aliphatic carbocycles. The second-order valence-corrected chi connectivity index (χ2v) is 18.0. The molecule has 0 saturated carbocycles. The Morgan fingerprint density at radius 1 is 0.392 bits per heavy atom. The minimum Gasteiger partial charge on any atom is -0.308 e. The molecule has 0 unspecified atom stereocenters. The largest absolute Gasteiger partial charge is 0.308 e. The number of rotatable bonds is 7. The molecule has 10 heteroatoms. The van der Waals surface area contributed by atoms with Crippen molar-refractivity contribution in [3.63, 3.8) is 0 Å². The van der Waals surface area contributed by atoms with Gasteiger partial charge in [-0.15, -0.1) is 0 Å². The van der Waals surface area contributed by atoms with Gasteiger partial charge in [0, 0.05) is 27.1 Å². The number of nitrogens with zero attached hydrogens (tertiary/aromatic N) is 10. The average Bonchev–Trinajstić information content (AvgIpc) is 3.95. The van der Waals surface area contributed by atoms with E-state index in [9.17, 15) is 10.5 Å². The van der Waals surface area contributed by atoms with Crippen LogP contribution in [0.5, 0.6) is 0 Å². The lowest BCUT2D eigenvalue weighted by atomic mass is 10.0. The molecule has 0 bridgehead atoms. The van der Waals surface area contributed by atoms with Crippen LogP contribution < -0.4 is 0 Å². The maximum atomic E-state index is 9.97. The van der Waals surface area contributed by atoms with Gasteiger partial charge >= 0.3 is 0 Å². The predicted octanol–water partition coefficient (Wildman–Crippen LogP) is 16.4. The van der Waals surface area contributed by atoms with E-state index in [4.69, 9.17) is 29.7 Å². The monoisotopic (exact) mass is 944 g/mol. The lowest BCUT2D eigenvalue weighted by Crippen LogP contribution is -2.06. The molecule has 9 aromatic carbocycles. The van der Waals surface area contributed by atoms with Crippen molar-refractivity contribution in [3.05, 3.63) is 239 Å². The minimum absolute atomic E-state index is 0.328. The highest BCUT2D eigenvalue weighted by molar-refractivity contribution is 6.14. The van der Waals surface area contributed by atoms with Crippen LogP contribution in [0.25, 0.3) is 125 Å². The van der Waals surface area contributed by atoms with E-state index in [1.54, 1.807) is 24.3 Å². The number of aromatic nitrogens is 5. The summed E-state index contributed by atoms with van der Waals surface area (Å²) in [5, 5.41) is 23.8. The van der Waals surface area contributed by atoms with Crippen LogP contribution in [-0.2, 0) is 0 Å². The Bertz CT molecular complexity index is 4340. The molecular formula is C64H36N10. The predicted molar refractivity (Wildman–Crippen MR) is 293 cm³/mol. The fourth-order valence-electron chi connectivity index (χ4n) is 10.3. The third-order valence-electron chi connectivity index (χ3n) is 13.6. The van der Waals surface area contributed by atoms with Gasteiger partial charge < -0.3 is 9.13 Å². The fraction of sp³-hybridized carbons (Fsp3) is 0.0312. The maximum absolute atomic E-state index is 9.97. The van der Waals surface area contributed by atoms with E-state index in [2.05, 4.69) is 114 Å². The van der Waals surface area contributed by atoms with Crippen molar-refractivity contribution in [1.29, 1.82) is 10.5 Å². The van der Waals surface area contributed by atoms with Crippen LogP contribution in [0.15, 0.2) is 182 Å². The second kappa shape index (κ2) is 17.8. The van der Waals surface area contributed by atoms with Crippen molar-refractivity contribution in [1.82, 2.24) is 24.1 Å². The Morgan fingerprint density at radius 2 is 0.757 bits per heavy atom. The molecule has 0 amide bonds. The molecule has 0 saturated heterocycles. The van der Waals surface area contributed by atoms with Gasteiger partial charge in [-0.25, -0.2) is 29.5 Å².